The lowest BCUT2D eigenvalue weighted by Crippen LogP contribution is -2.22. The molecule has 0 fully saturated rings. The number of carbonyl (C=O) groups excluding carboxylic acids is 1. The molecule has 6 nitrogen and oxygen atoms in total. The van der Waals surface area contributed by atoms with Crippen LogP contribution in [0.5, 0.6) is 0 Å². The van der Waals surface area contributed by atoms with Gasteiger partial charge in [0.1, 0.15) is 0 Å². The number of pyridine rings is 1. The maximum Gasteiger partial charge on any atom is 0.277 e. The van der Waals surface area contributed by atoms with Crippen molar-refractivity contribution in [3.63, 3.8) is 0 Å². The molecule has 0 aliphatic rings. The highest BCUT2D eigenvalue weighted by atomic mass is 32.2. The zero-order chi connectivity index (χ0) is 17.8. The molecule has 2 aromatic heterocycles. The number of nitrogens with zero attached hydrogens (tertiary/aromatic N) is 3. The van der Waals surface area contributed by atoms with E-state index < -0.39 is 0 Å². The first-order chi connectivity index (χ1) is 12.0. The summed E-state index contributed by atoms with van der Waals surface area (Å²) >= 11 is 1.23. The molecule has 0 bridgehead atoms. The van der Waals surface area contributed by atoms with Crippen LogP contribution in [-0.4, -0.2) is 26.3 Å². The minimum absolute atomic E-state index is 0.111. The maximum atomic E-state index is 12.4. The van der Waals surface area contributed by atoms with Gasteiger partial charge in [-0.3, -0.25) is 9.78 Å². The molecule has 0 saturated heterocycles. The number of rotatable bonds is 5. The van der Waals surface area contributed by atoms with Gasteiger partial charge in [-0.1, -0.05) is 29.5 Å². The maximum absolute atomic E-state index is 12.4. The van der Waals surface area contributed by atoms with Gasteiger partial charge in [0, 0.05) is 23.6 Å². The van der Waals surface area contributed by atoms with Crippen molar-refractivity contribution >= 4 is 23.4 Å². The fourth-order valence-corrected chi connectivity index (χ4v) is 2.94. The van der Waals surface area contributed by atoms with E-state index in [1.165, 1.54) is 11.8 Å². The van der Waals surface area contributed by atoms with Crippen LogP contribution in [0.1, 0.15) is 18.1 Å². The van der Waals surface area contributed by atoms with Gasteiger partial charge in [-0.25, -0.2) is 0 Å². The van der Waals surface area contributed by atoms with E-state index in [4.69, 9.17) is 4.42 Å². The first kappa shape index (κ1) is 17.2. The topological polar surface area (TPSA) is 80.9 Å². The summed E-state index contributed by atoms with van der Waals surface area (Å²) in [5, 5.41) is 10.9. The third-order valence-corrected chi connectivity index (χ3v) is 4.55. The van der Waals surface area contributed by atoms with Gasteiger partial charge in [0.25, 0.3) is 5.22 Å². The van der Waals surface area contributed by atoms with Crippen molar-refractivity contribution < 1.29 is 9.21 Å². The van der Waals surface area contributed by atoms with Crippen LogP contribution in [0.2, 0.25) is 0 Å². The standard InChI is InChI=1S/C18H18N4O2S/c1-11-4-5-15(12(2)10-11)20-16(23)13(3)25-18-22-21-17(24-18)14-6-8-19-9-7-14/h4-10,13H,1-3H3,(H,20,23). The Labute approximate surface area is 150 Å². The third-order valence-electron chi connectivity index (χ3n) is 3.62. The van der Waals surface area contributed by atoms with E-state index in [2.05, 4.69) is 20.5 Å². The van der Waals surface area contributed by atoms with Gasteiger partial charge >= 0.3 is 0 Å². The Morgan fingerprint density at radius 3 is 2.64 bits per heavy atom. The van der Waals surface area contributed by atoms with E-state index in [-0.39, 0.29) is 11.2 Å². The van der Waals surface area contributed by atoms with Crippen molar-refractivity contribution in [2.24, 2.45) is 0 Å². The Kier molecular flexibility index (Phi) is 5.14. The molecule has 3 aromatic rings. The van der Waals surface area contributed by atoms with E-state index in [1.54, 1.807) is 31.5 Å². The van der Waals surface area contributed by atoms with Gasteiger partial charge in [0.2, 0.25) is 11.8 Å². The second-order valence-corrected chi connectivity index (χ2v) is 6.97. The van der Waals surface area contributed by atoms with Gasteiger partial charge in [-0.2, -0.15) is 0 Å². The van der Waals surface area contributed by atoms with Crippen molar-refractivity contribution in [2.75, 3.05) is 5.32 Å². The Morgan fingerprint density at radius 2 is 1.92 bits per heavy atom. The van der Waals surface area contributed by atoms with Gasteiger partial charge in [0.05, 0.1) is 5.25 Å². The normalized spacial score (nSPS) is 12.0. The lowest BCUT2D eigenvalue weighted by molar-refractivity contribution is -0.115. The molecular weight excluding hydrogens is 336 g/mol. The molecule has 2 heterocycles. The van der Waals surface area contributed by atoms with E-state index >= 15 is 0 Å². The molecule has 0 radical (unpaired) electrons. The second-order valence-electron chi connectivity index (χ2n) is 5.68. The van der Waals surface area contributed by atoms with Crippen molar-refractivity contribution in [1.29, 1.82) is 0 Å². The summed E-state index contributed by atoms with van der Waals surface area (Å²) in [7, 11) is 0. The molecule has 3 rings (SSSR count). The SMILES string of the molecule is Cc1ccc(NC(=O)C(C)Sc2nnc(-c3ccncc3)o2)c(C)c1. The molecular formula is C18H18N4O2S. The Morgan fingerprint density at radius 1 is 1.16 bits per heavy atom. The van der Waals surface area contributed by atoms with Crippen molar-refractivity contribution in [3.05, 3.63) is 53.9 Å². The number of nitrogens with one attached hydrogen (secondary N) is 1. The molecule has 0 aliphatic heterocycles. The molecule has 1 amide bonds. The Bertz CT molecular complexity index is 880. The molecule has 1 N–H and O–H groups in total. The molecule has 128 valence electrons. The van der Waals surface area contributed by atoms with Crippen molar-refractivity contribution in [3.8, 4) is 11.5 Å². The fourth-order valence-electron chi connectivity index (χ4n) is 2.26. The van der Waals surface area contributed by atoms with Gasteiger partial charge in [-0.15, -0.1) is 10.2 Å². The lowest BCUT2D eigenvalue weighted by Gasteiger charge is -2.12. The summed E-state index contributed by atoms with van der Waals surface area (Å²) in [6, 6.07) is 9.50. The monoisotopic (exact) mass is 354 g/mol. The number of amides is 1. The van der Waals surface area contributed by atoms with Crippen LogP contribution >= 0.6 is 11.8 Å². The molecule has 1 unspecified atom stereocenters. The third kappa shape index (κ3) is 4.24. The number of benzene rings is 1. The van der Waals surface area contributed by atoms with Crippen LogP contribution in [0.4, 0.5) is 5.69 Å². The summed E-state index contributed by atoms with van der Waals surface area (Å²) < 4.78 is 5.61. The highest BCUT2D eigenvalue weighted by Crippen LogP contribution is 2.27. The van der Waals surface area contributed by atoms with E-state index in [1.807, 2.05) is 32.0 Å². The van der Waals surface area contributed by atoms with Crippen LogP contribution in [0.3, 0.4) is 0 Å². The number of hydrogen-bond donors (Lipinski definition) is 1. The Balaban J connectivity index is 1.65. The van der Waals surface area contributed by atoms with Crippen LogP contribution in [0.25, 0.3) is 11.5 Å². The summed E-state index contributed by atoms with van der Waals surface area (Å²) in [6.07, 6.45) is 3.32. The minimum atomic E-state index is -0.369. The predicted octanol–water partition coefficient (Wildman–Crippen LogP) is 3.87. The zero-order valence-corrected chi connectivity index (χ0v) is 15.0. The number of aromatic nitrogens is 3. The number of thioether (sulfide) groups is 1. The number of hydrogen-bond acceptors (Lipinski definition) is 6. The van der Waals surface area contributed by atoms with Crippen molar-refractivity contribution in [2.45, 2.75) is 31.2 Å². The summed E-state index contributed by atoms with van der Waals surface area (Å²) in [5.74, 6) is 0.299. The van der Waals surface area contributed by atoms with E-state index in [0.717, 1.165) is 22.4 Å². The molecule has 0 spiro atoms. The molecule has 1 atom stereocenters. The minimum Gasteiger partial charge on any atom is -0.411 e. The van der Waals surface area contributed by atoms with E-state index in [9.17, 15) is 4.79 Å². The largest absolute Gasteiger partial charge is 0.411 e. The van der Waals surface area contributed by atoms with Gasteiger partial charge in [-0.05, 0) is 44.5 Å². The average molecular weight is 354 g/mol. The highest BCUT2D eigenvalue weighted by Gasteiger charge is 2.19. The zero-order valence-electron chi connectivity index (χ0n) is 14.2. The van der Waals surface area contributed by atoms with Crippen LogP contribution in [-0.2, 0) is 4.79 Å². The summed E-state index contributed by atoms with van der Waals surface area (Å²) in [5.41, 5.74) is 3.79. The molecule has 0 saturated carbocycles. The first-order valence-electron chi connectivity index (χ1n) is 7.81. The van der Waals surface area contributed by atoms with Gasteiger partial charge in [0.15, 0.2) is 0 Å². The number of aryl methyl sites for hydroxylation is 2. The highest BCUT2D eigenvalue weighted by molar-refractivity contribution is 8.00. The number of carbonyl (C=O) groups is 1. The van der Waals surface area contributed by atoms with Crippen molar-refractivity contribution in [1.82, 2.24) is 15.2 Å². The van der Waals surface area contributed by atoms with Gasteiger partial charge < -0.3 is 9.73 Å². The van der Waals surface area contributed by atoms with Crippen LogP contribution in [0, 0.1) is 13.8 Å². The van der Waals surface area contributed by atoms with Crippen LogP contribution < -0.4 is 5.32 Å². The first-order valence-corrected chi connectivity index (χ1v) is 8.69. The quantitative estimate of drug-likeness (QED) is 0.701. The Hall–Kier alpha value is -2.67. The molecule has 7 heteroatoms. The lowest BCUT2D eigenvalue weighted by atomic mass is 10.1. The molecule has 25 heavy (non-hydrogen) atoms. The molecule has 0 aliphatic carbocycles. The summed E-state index contributed by atoms with van der Waals surface area (Å²) in [4.78, 5) is 16.4. The predicted molar refractivity (Wildman–Crippen MR) is 97.4 cm³/mol. The van der Waals surface area contributed by atoms with E-state index in [0.29, 0.717) is 11.1 Å². The fraction of sp³-hybridized carbons (Fsp3) is 0.222. The summed E-state index contributed by atoms with van der Waals surface area (Å²) in [6.45, 7) is 5.80. The molecule has 1 aromatic carbocycles. The average Bonchev–Trinajstić information content (AvgIpc) is 3.06. The second kappa shape index (κ2) is 7.48. The smallest absolute Gasteiger partial charge is 0.277 e. The van der Waals surface area contributed by atoms with Crippen LogP contribution in [0.15, 0.2) is 52.4 Å². The number of anilines is 1.